The number of nitrogens with zero attached hydrogens (tertiary/aromatic N) is 1. The number of anilines is 1. The number of aryl methyl sites for hydroxylation is 1. The summed E-state index contributed by atoms with van der Waals surface area (Å²) < 4.78 is 6.54. The van der Waals surface area contributed by atoms with Crippen molar-refractivity contribution < 1.29 is 4.74 Å². The Labute approximate surface area is 127 Å². The second-order valence-electron chi connectivity index (χ2n) is 4.29. The van der Waals surface area contributed by atoms with Crippen LogP contribution in [0.1, 0.15) is 11.3 Å². The van der Waals surface area contributed by atoms with Crippen LogP contribution in [-0.4, -0.2) is 11.6 Å². The van der Waals surface area contributed by atoms with E-state index in [9.17, 15) is 0 Å². The number of halogens is 1. The third kappa shape index (κ3) is 4.01. The topological polar surface area (TPSA) is 34.1 Å². The van der Waals surface area contributed by atoms with E-state index < -0.39 is 0 Å². The molecule has 2 aromatic rings. The molecule has 0 spiro atoms. The molecule has 0 aliphatic rings. The van der Waals surface area contributed by atoms with E-state index in [2.05, 4.69) is 32.2 Å². The first kappa shape index (κ1) is 14.4. The highest BCUT2D eigenvalue weighted by molar-refractivity contribution is 9.10. The molecule has 102 valence electrons. The average molecular weight is 331 g/mol. The van der Waals surface area contributed by atoms with Crippen molar-refractivity contribution in [3.05, 3.63) is 52.3 Å². The molecule has 0 bridgehead atoms. The zero-order valence-electron chi connectivity index (χ0n) is 11.2. The Hall–Kier alpha value is -1.99. The fourth-order valence-electron chi connectivity index (χ4n) is 1.72. The fraction of sp³-hybridized carbons (Fsp3) is 0.188. The molecule has 1 N–H and O–H groups in total. The molecule has 2 rings (SSSR count). The summed E-state index contributed by atoms with van der Waals surface area (Å²) in [6, 6.07) is 9.83. The van der Waals surface area contributed by atoms with Gasteiger partial charge >= 0.3 is 0 Å². The molecule has 0 unspecified atom stereocenters. The molecule has 3 nitrogen and oxygen atoms in total. The Morgan fingerprint density at radius 2 is 2.20 bits per heavy atom. The van der Waals surface area contributed by atoms with Crippen molar-refractivity contribution >= 4 is 21.6 Å². The maximum atomic E-state index is 5.54. The van der Waals surface area contributed by atoms with Gasteiger partial charge in [-0.3, -0.25) is 4.98 Å². The predicted molar refractivity (Wildman–Crippen MR) is 84.8 cm³/mol. The van der Waals surface area contributed by atoms with Gasteiger partial charge in [-0.05, 0) is 37.3 Å². The van der Waals surface area contributed by atoms with E-state index in [0.717, 1.165) is 27.2 Å². The van der Waals surface area contributed by atoms with Gasteiger partial charge in [-0.2, -0.15) is 0 Å². The first-order valence-corrected chi connectivity index (χ1v) is 6.99. The summed E-state index contributed by atoms with van der Waals surface area (Å²) in [5.74, 6) is 3.26. The molecule has 0 radical (unpaired) electrons. The number of terminal acetylenes is 1. The van der Waals surface area contributed by atoms with Crippen molar-refractivity contribution in [2.24, 2.45) is 0 Å². The third-order valence-corrected chi connectivity index (χ3v) is 3.22. The lowest BCUT2D eigenvalue weighted by Gasteiger charge is -2.12. The van der Waals surface area contributed by atoms with Crippen LogP contribution in [0, 0.1) is 19.3 Å². The monoisotopic (exact) mass is 330 g/mol. The predicted octanol–water partition coefficient (Wildman–Crippen LogP) is 3.78. The second-order valence-corrected chi connectivity index (χ2v) is 5.20. The van der Waals surface area contributed by atoms with E-state index in [-0.39, 0.29) is 6.61 Å². The van der Waals surface area contributed by atoms with Crippen molar-refractivity contribution in [3.63, 3.8) is 0 Å². The van der Waals surface area contributed by atoms with Crippen molar-refractivity contribution in [2.75, 3.05) is 11.9 Å². The Bertz CT molecular complexity index is 617. The Kier molecular flexibility index (Phi) is 5.03. The normalized spacial score (nSPS) is 9.85. The first-order chi connectivity index (χ1) is 9.69. The van der Waals surface area contributed by atoms with Crippen molar-refractivity contribution in [1.29, 1.82) is 0 Å². The summed E-state index contributed by atoms with van der Waals surface area (Å²) in [6.45, 7) is 2.87. The molecule has 0 saturated carbocycles. The minimum atomic E-state index is 0.265. The lowest BCUT2D eigenvalue weighted by Crippen LogP contribution is -2.04. The molecular weight excluding hydrogens is 316 g/mol. The van der Waals surface area contributed by atoms with Gasteiger partial charge in [-0.15, -0.1) is 6.42 Å². The summed E-state index contributed by atoms with van der Waals surface area (Å²) in [5, 5.41) is 3.32. The minimum absolute atomic E-state index is 0.265. The second kappa shape index (κ2) is 6.97. The zero-order valence-corrected chi connectivity index (χ0v) is 12.8. The van der Waals surface area contributed by atoms with Gasteiger partial charge in [-0.25, -0.2) is 0 Å². The van der Waals surface area contributed by atoms with Crippen LogP contribution in [0.5, 0.6) is 5.75 Å². The van der Waals surface area contributed by atoms with Crippen LogP contribution in [0.15, 0.2) is 41.0 Å². The van der Waals surface area contributed by atoms with Crippen LogP contribution in [0.4, 0.5) is 5.69 Å². The molecule has 0 aliphatic carbocycles. The van der Waals surface area contributed by atoms with E-state index in [1.165, 1.54) is 0 Å². The molecule has 1 heterocycles. The number of ether oxygens (including phenoxy) is 1. The maximum Gasteiger partial charge on any atom is 0.148 e. The van der Waals surface area contributed by atoms with Gasteiger partial charge in [0.25, 0.3) is 0 Å². The van der Waals surface area contributed by atoms with Crippen molar-refractivity contribution in [3.8, 4) is 18.1 Å². The Morgan fingerprint density at radius 3 is 2.90 bits per heavy atom. The maximum absolute atomic E-state index is 5.54. The van der Waals surface area contributed by atoms with E-state index in [0.29, 0.717) is 6.54 Å². The van der Waals surface area contributed by atoms with Crippen LogP contribution in [-0.2, 0) is 6.54 Å². The molecule has 4 heteroatoms. The van der Waals surface area contributed by atoms with E-state index in [1.807, 2.05) is 43.5 Å². The minimum Gasteiger partial charge on any atom is -0.481 e. The number of nitrogens with one attached hydrogen (secondary N) is 1. The van der Waals surface area contributed by atoms with Gasteiger partial charge in [0.1, 0.15) is 12.4 Å². The third-order valence-electron chi connectivity index (χ3n) is 2.73. The fourth-order valence-corrected chi connectivity index (χ4v) is 2.12. The number of aromatic nitrogens is 1. The highest BCUT2D eigenvalue weighted by Gasteiger charge is 2.04. The SMILES string of the molecule is C#CCOc1ccc(Br)cc1CNc1ccc(C)nc1. The summed E-state index contributed by atoms with van der Waals surface area (Å²) in [5.41, 5.74) is 3.00. The number of pyridine rings is 1. The number of hydrogen-bond acceptors (Lipinski definition) is 3. The standard InChI is InChI=1S/C16H15BrN2O/c1-3-8-20-16-7-5-14(17)9-13(16)10-19-15-6-4-12(2)18-11-15/h1,4-7,9,11,19H,8,10H2,2H3. The van der Waals surface area contributed by atoms with Gasteiger partial charge in [0, 0.05) is 22.3 Å². The largest absolute Gasteiger partial charge is 0.481 e. The van der Waals surface area contributed by atoms with Gasteiger partial charge in [0.05, 0.1) is 11.9 Å². The summed E-state index contributed by atoms with van der Waals surface area (Å²) in [4.78, 5) is 4.25. The highest BCUT2D eigenvalue weighted by atomic mass is 79.9. The van der Waals surface area contributed by atoms with E-state index in [4.69, 9.17) is 11.2 Å². The average Bonchev–Trinajstić information content (AvgIpc) is 2.46. The number of hydrogen-bond donors (Lipinski definition) is 1. The van der Waals surface area contributed by atoms with Crippen LogP contribution in [0.3, 0.4) is 0 Å². The molecule has 0 atom stereocenters. The number of benzene rings is 1. The van der Waals surface area contributed by atoms with Gasteiger partial charge in [0.2, 0.25) is 0 Å². The Balaban J connectivity index is 2.09. The van der Waals surface area contributed by atoms with E-state index >= 15 is 0 Å². The zero-order chi connectivity index (χ0) is 14.4. The first-order valence-electron chi connectivity index (χ1n) is 6.20. The molecule has 0 saturated heterocycles. The van der Waals surface area contributed by atoms with Crippen molar-refractivity contribution in [1.82, 2.24) is 4.98 Å². The smallest absolute Gasteiger partial charge is 0.148 e. The molecule has 0 aliphatic heterocycles. The molecule has 1 aromatic carbocycles. The summed E-state index contributed by atoms with van der Waals surface area (Å²) >= 11 is 3.46. The quantitative estimate of drug-likeness (QED) is 0.847. The van der Waals surface area contributed by atoms with Crippen LogP contribution in [0.2, 0.25) is 0 Å². The van der Waals surface area contributed by atoms with Gasteiger partial charge in [-0.1, -0.05) is 21.9 Å². The lowest BCUT2D eigenvalue weighted by atomic mass is 10.2. The molecule has 20 heavy (non-hydrogen) atoms. The van der Waals surface area contributed by atoms with E-state index in [1.54, 1.807) is 0 Å². The summed E-state index contributed by atoms with van der Waals surface area (Å²) in [6.07, 6.45) is 7.04. The molecule has 0 amide bonds. The highest BCUT2D eigenvalue weighted by Crippen LogP contribution is 2.24. The molecule has 1 aromatic heterocycles. The molecule has 0 fully saturated rings. The van der Waals surface area contributed by atoms with Crippen LogP contribution >= 0.6 is 15.9 Å². The summed E-state index contributed by atoms with van der Waals surface area (Å²) in [7, 11) is 0. The van der Waals surface area contributed by atoms with Gasteiger partial charge in [0.15, 0.2) is 0 Å². The van der Waals surface area contributed by atoms with Gasteiger partial charge < -0.3 is 10.1 Å². The van der Waals surface area contributed by atoms with Crippen LogP contribution < -0.4 is 10.1 Å². The van der Waals surface area contributed by atoms with Crippen molar-refractivity contribution in [2.45, 2.75) is 13.5 Å². The molecular formula is C16H15BrN2O. The number of rotatable bonds is 5. The van der Waals surface area contributed by atoms with Crippen LogP contribution in [0.25, 0.3) is 0 Å². The Morgan fingerprint density at radius 1 is 1.35 bits per heavy atom. The lowest BCUT2D eigenvalue weighted by molar-refractivity contribution is 0.366.